The van der Waals surface area contributed by atoms with Crippen LogP contribution < -0.4 is 9.47 Å². The van der Waals surface area contributed by atoms with Gasteiger partial charge in [0.15, 0.2) is 11.5 Å². The molecule has 0 saturated carbocycles. The molecule has 0 aliphatic carbocycles. The number of nitrogens with zero attached hydrogens (tertiary/aromatic N) is 1. The average molecular weight is 558 g/mol. The molecule has 0 spiro atoms. The van der Waals surface area contributed by atoms with Crippen molar-refractivity contribution in [2.45, 2.75) is 106 Å². The van der Waals surface area contributed by atoms with Crippen LogP contribution in [-0.4, -0.2) is 26.2 Å². The number of hydrogen-bond acceptors (Lipinski definition) is 5. The zero-order chi connectivity index (χ0) is 28.9. The van der Waals surface area contributed by atoms with Gasteiger partial charge < -0.3 is 14.3 Å². The number of allylic oxidation sites excluding steroid dienone is 6. The largest absolute Gasteiger partial charge is 0.493 e. The maximum absolute atomic E-state index is 11.4. The first-order chi connectivity index (χ1) is 18.3. The number of methoxy groups -OCH3 is 2. The minimum absolute atomic E-state index is 0. The molecule has 0 aliphatic heterocycles. The van der Waals surface area contributed by atoms with Crippen LogP contribution in [0.2, 0.25) is 0 Å². The summed E-state index contributed by atoms with van der Waals surface area (Å²) in [6, 6.07) is 5.78. The van der Waals surface area contributed by atoms with Gasteiger partial charge in [0, 0.05) is 17.8 Å². The molecule has 0 aromatic heterocycles. The van der Waals surface area contributed by atoms with Crippen molar-refractivity contribution in [2.24, 2.45) is 4.99 Å². The van der Waals surface area contributed by atoms with Gasteiger partial charge >= 0.3 is 0 Å². The molecular weight excluding hydrogens is 502 g/mol. The van der Waals surface area contributed by atoms with Crippen molar-refractivity contribution >= 4 is 24.6 Å². The Bertz CT molecular complexity index is 969. The van der Waals surface area contributed by atoms with Crippen LogP contribution in [0, 0.1) is 0 Å². The molecule has 220 valence electrons. The predicted molar refractivity (Wildman–Crippen MR) is 176 cm³/mol. The summed E-state index contributed by atoms with van der Waals surface area (Å²) in [4.78, 5) is 16.2. The first kappa shape index (κ1) is 38.6. The third kappa shape index (κ3) is 15.6. The average Bonchev–Trinajstić information content (AvgIpc) is 2.92. The van der Waals surface area contributed by atoms with Crippen LogP contribution in [0.25, 0.3) is 0 Å². The van der Waals surface area contributed by atoms with E-state index in [2.05, 4.69) is 52.1 Å². The highest BCUT2D eigenvalue weighted by molar-refractivity contribution is 7.83. The van der Waals surface area contributed by atoms with Crippen molar-refractivity contribution < 1.29 is 14.3 Å². The standard InChI is InChI=1S/C31H45NO3S.C2H6.CH4/c1-8-9-13-26(23(2)3)15-14-24(4)11-10-12-25(5)32-29(22-36)20-28(18-19-33)27-16-17-30(34-6)31(21-27)35-7;1-2;/h14-17,19,21-22,28,36H,4,8-13,18,20H2,1-3,5-7H3;1-2H3;1H4/b15-14-,29-22-,32-25?;;. The van der Waals surface area contributed by atoms with Crippen molar-refractivity contribution in [3.63, 3.8) is 0 Å². The number of hydrogen-bond donors (Lipinski definition) is 1. The monoisotopic (exact) mass is 557 g/mol. The summed E-state index contributed by atoms with van der Waals surface area (Å²) in [5.74, 6) is 1.30. The van der Waals surface area contributed by atoms with Crippen molar-refractivity contribution in [1.82, 2.24) is 0 Å². The van der Waals surface area contributed by atoms with Crippen LogP contribution in [0.4, 0.5) is 0 Å². The van der Waals surface area contributed by atoms with E-state index >= 15 is 0 Å². The highest BCUT2D eigenvalue weighted by Crippen LogP contribution is 2.34. The quantitative estimate of drug-likeness (QED) is 0.0897. The Balaban J connectivity index is 0. The number of thiol groups is 1. The van der Waals surface area contributed by atoms with Gasteiger partial charge in [-0.25, -0.2) is 0 Å². The number of rotatable bonds is 17. The lowest BCUT2D eigenvalue weighted by Crippen LogP contribution is -2.03. The third-order valence-corrected chi connectivity index (χ3v) is 6.50. The summed E-state index contributed by atoms with van der Waals surface area (Å²) >= 11 is 4.40. The van der Waals surface area contributed by atoms with Crippen LogP contribution in [0.1, 0.15) is 112 Å². The molecule has 0 saturated heterocycles. The van der Waals surface area contributed by atoms with Gasteiger partial charge in [0.2, 0.25) is 0 Å². The van der Waals surface area contributed by atoms with E-state index in [1.807, 2.05) is 39.0 Å². The Morgan fingerprint density at radius 1 is 1.03 bits per heavy atom. The number of ether oxygens (including phenoxy) is 2. The van der Waals surface area contributed by atoms with Crippen LogP contribution in [0.5, 0.6) is 11.5 Å². The first-order valence-corrected chi connectivity index (χ1v) is 14.4. The summed E-state index contributed by atoms with van der Waals surface area (Å²) in [5, 5.41) is 1.74. The lowest BCUT2D eigenvalue weighted by Gasteiger charge is -2.17. The van der Waals surface area contributed by atoms with Crippen LogP contribution >= 0.6 is 12.6 Å². The lowest BCUT2D eigenvalue weighted by atomic mass is 9.91. The van der Waals surface area contributed by atoms with E-state index in [9.17, 15) is 4.79 Å². The Labute approximate surface area is 245 Å². The molecule has 0 N–H and O–H groups in total. The minimum atomic E-state index is -0.0147. The van der Waals surface area contributed by atoms with Crippen molar-refractivity contribution in [1.29, 1.82) is 0 Å². The zero-order valence-corrected chi connectivity index (χ0v) is 26.0. The molecule has 4 nitrogen and oxygen atoms in total. The molecule has 1 unspecified atom stereocenters. The summed E-state index contributed by atoms with van der Waals surface area (Å²) < 4.78 is 10.8. The molecule has 1 atom stereocenters. The first-order valence-electron chi connectivity index (χ1n) is 13.8. The van der Waals surface area contributed by atoms with Gasteiger partial charge in [-0.2, -0.15) is 0 Å². The van der Waals surface area contributed by atoms with Crippen LogP contribution in [0.3, 0.4) is 0 Å². The molecule has 0 heterocycles. The fourth-order valence-corrected chi connectivity index (χ4v) is 4.14. The molecule has 1 aromatic rings. The van der Waals surface area contributed by atoms with Crippen molar-refractivity contribution in [3.05, 3.63) is 70.3 Å². The van der Waals surface area contributed by atoms with E-state index in [0.29, 0.717) is 24.3 Å². The molecule has 39 heavy (non-hydrogen) atoms. The number of unbranched alkanes of at least 4 members (excludes halogenated alkanes) is 1. The SMILES string of the molecule is C.C=C(/C=C\C(CCCC)=C(C)C)CCCC(C)=N/C(=C\S)CC(CC=O)c1ccc(OC)c(OC)c1.CC. The van der Waals surface area contributed by atoms with E-state index in [1.54, 1.807) is 19.6 Å². The molecule has 0 aliphatic rings. The third-order valence-electron chi connectivity index (χ3n) is 6.20. The maximum Gasteiger partial charge on any atom is 0.160 e. The molecule has 1 aromatic carbocycles. The van der Waals surface area contributed by atoms with Gasteiger partial charge in [-0.15, -0.1) is 12.6 Å². The second-order valence-corrected chi connectivity index (χ2v) is 9.62. The predicted octanol–water partition coefficient (Wildman–Crippen LogP) is 10.5. The highest BCUT2D eigenvalue weighted by Gasteiger charge is 2.16. The van der Waals surface area contributed by atoms with Crippen molar-refractivity contribution in [3.8, 4) is 11.5 Å². The van der Waals surface area contributed by atoms with Crippen LogP contribution in [0.15, 0.2) is 69.7 Å². The molecule has 0 radical (unpaired) electrons. The Morgan fingerprint density at radius 2 is 1.69 bits per heavy atom. The highest BCUT2D eigenvalue weighted by atomic mass is 32.1. The zero-order valence-electron chi connectivity index (χ0n) is 25.1. The smallest absolute Gasteiger partial charge is 0.160 e. The topological polar surface area (TPSA) is 47.9 Å². The van der Waals surface area contributed by atoms with E-state index in [1.165, 1.54) is 24.0 Å². The second kappa shape index (κ2) is 23.4. The van der Waals surface area contributed by atoms with Gasteiger partial charge in [-0.3, -0.25) is 4.99 Å². The number of aliphatic imine (C=N–C) groups is 1. The van der Waals surface area contributed by atoms with Gasteiger partial charge in [0.05, 0.1) is 14.2 Å². The van der Waals surface area contributed by atoms with Gasteiger partial charge in [0.1, 0.15) is 6.29 Å². The number of benzene rings is 1. The van der Waals surface area contributed by atoms with Crippen molar-refractivity contribution in [2.75, 3.05) is 14.2 Å². The van der Waals surface area contributed by atoms with Gasteiger partial charge in [-0.05, 0) is 93.9 Å². The normalized spacial score (nSPS) is 12.1. The molecule has 5 heteroatoms. The molecule has 0 amide bonds. The molecular formula is C34H55NO3S. The Hall–Kier alpha value is -2.53. The number of carbonyl (C=O) groups excluding carboxylic acids is 1. The summed E-state index contributed by atoms with van der Waals surface area (Å²) in [6.07, 6.45) is 12.7. The van der Waals surface area contributed by atoms with Gasteiger partial charge in [0.25, 0.3) is 0 Å². The summed E-state index contributed by atoms with van der Waals surface area (Å²) in [6.45, 7) is 16.9. The second-order valence-electron chi connectivity index (χ2n) is 9.36. The maximum atomic E-state index is 11.4. The van der Waals surface area contributed by atoms with Gasteiger partial charge in [-0.1, -0.05) is 70.6 Å². The van der Waals surface area contributed by atoms with E-state index in [0.717, 1.165) is 54.5 Å². The van der Waals surface area contributed by atoms with E-state index in [-0.39, 0.29) is 13.3 Å². The fraction of sp³-hybridized carbons (Fsp3) is 0.529. The van der Waals surface area contributed by atoms with E-state index in [4.69, 9.17) is 14.5 Å². The molecule has 0 bridgehead atoms. The molecule has 1 rings (SSSR count). The molecule has 0 fully saturated rings. The Morgan fingerprint density at radius 3 is 2.23 bits per heavy atom. The fourth-order valence-electron chi connectivity index (χ4n) is 3.98. The summed E-state index contributed by atoms with van der Waals surface area (Å²) in [5.41, 5.74) is 6.86. The van der Waals surface area contributed by atoms with Crippen LogP contribution in [-0.2, 0) is 4.79 Å². The Kier molecular flexibility index (Phi) is 23.1. The number of aldehydes is 1. The summed E-state index contributed by atoms with van der Waals surface area (Å²) in [7, 11) is 3.22. The minimum Gasteiger partial charge on any atom is -0.493 e. The number of carbonyl (C=O) groups is 1. The van der Waals surface area contributed by atoms with E-state index < -0.39 is 0 Å². The lowest BCUT2D eigenvalue weighted by molar-refractivity contribution is -0.108.